The van der Waals surface area contributed by atoms with E-state index < -0.39 is 4.92 Å². The lowest BCUT2D eigenvalue weighted by Gasteiger charge is -2.12. The van der Waals surface area contributed by atoms with Gasteiger partial charge in [-0.3, -0.25) is 14.9 Å². The van der Waals surface area contributed by atoms with Crippen LogP contribution in [0.25, 0.3) is 10.9 Å². The number of aryl methyl sites for hydroxylation is 1. The maximum absolute atomic E-state index is 12.4. The lowest BCUT2D eigenvalue weighted by atomic mass is 10.1. The van der Waals surface area contributed by atoms with Gasteiger partial charge in [-0.15, -0.1) is 0 Å². The predicted molar refractivity (Wildman–Crippen MR) is 117 cm³/mol. The van der Waals surface area contributed by atoms with E-state index >= 15 is 0 Å². The molecule has 0 unspecified atom stereocenters. The first-order valence-electron chi connectivity index (χ1n) is 9.69. The van der Waals surface area contributed by atoms with Gasteiger partial charge in [0.05, 0.1) is 17.7 Å². The number of furan rings is 1. The standard InChI is InChI=1S/C23H20N4O4/c1-15-11-20(19-8-3-9-21(27(29)30)22(19)26-15)24-13-16-5-2-6-17(12-16)23(28)25-14-18-7-4-10-31-18/h2-12H,13-14H2,1H3,(H,24,26)(H,25,28). The van der Waals surface area contributed by atoms with Crippen LogP contribution >= 0.6 is 0 Å². The largest absolute Gasteiger partial charge is 0.467 e. The molecular weight excluding hydrogens is 396 g/mol. The number of aromatic nitrogens is 1. The fourth-order valence-electron chi connectivity index (χ4n) is 3.36. The second-order valence-electron chi connectivity index (χ2n) is 7.06. The topological polar surface area (TPSA) is 110 Å². The molecular formula is C23H20N4O4. The number of para-hydroxylation sites is 1. The Morgan fingerprint density at radius 1 is 1.10 bits per heavy atom. The molecule has 0 radical (unpaired) electrons. The molecule has 8 heteroatoms. The zero-order chi connectivity index (χ0) is 21.8. The van der Waals surface area contributed by atoms with Crippen LogP contribution in [0.3, 0.4) is 0 Å². The molecule has 1 amide bonds. The minimum atomic E-state index is -0.427. The van der Waals surface area contributed by atoms with E-state index in [4.69, 9.17) is 4.42 Å². The van der Waals surface area contributed by atoms with Crippen molar-refractivity contribution in [2.75, 3.05) is 5.32 Å². The molecule has 31 heavy (non-hydrogen) atoms. The number of nitro benzene ring substituents is 1. The van der Waals surface area contributed by atoms with E-state index in [1.165, 1.54) is 6.07 Å². The smallest absolute Gasteiger partial charge is 0.295 e. The Labute approximate surface area is 178 Å². The third-order valence-electron chi connectivity index (χ3n) is 4.82. The van der Waals surface area contributed by atoms with Gasteiger partial charge in [-0.05, 0) is 42.8 Å². The zero-order valence-corrected chi connectivity index (χ0v) is 16.8. The van der Waals surface area contributed by atoms with E-state index in [9.17, 15) is 14.9 Å². The Balaban J connectivity index is 1.51. The van der Waals surface area contributed by atoms with E-state index in [0.717, 1.165) is 11.3 Å². The number of carbonyl (C=O) groups excluding carboxylic acids is 1. The SMILES string of the molecule is Cc1cc(NCc2cccc(C(=O)NCc3ccco3)c2)c2cccc([N+](=O)[O-])c2n1. The fourth-order valence-corrected chi connectivity index (χ4v) is 3.36. The highest BCUT2D eigenvalue weighted by molar-refractivity contribution is 5.97. The Hall–Kier alpha value is -4.20. The number of nitro groups is 1. The fraction of sp³-hybridized carbons (Fsp3) is 0.130. The van der Waals surface area contributed by atoms with Crippen LogP contribution in [0.1, 0.15) is 27.4 Å². The number of rotatable bonds is 7. The summed E-state index contributed by atoms with van der Waals surface area (Å²) in [5.74, 6) is 0.485. The van der Waals surface area contributed by atoms with Crippen LogP contribution in [0.2, 0.25) is 0 Å². The maximum Gasteiger partial charge on any atom is 0.295 e. The highest BCUT2D eigenvalue weighted by Crippen LogP contribution is 2.30. The number of pyridine rings is 1. The molecule has 156 valence electrons. The molecule has 2 aromatic carbocycles. The summed E-state index contributed by atoms with van der Waals surface area (Å²) in [6, 6.07) is 17.6. The molecule has 2 N–H and O–H groups in total. The van der Waals surface area contributed by atoms with Crippen molar-refractivity contribution in [3.63, 3.8) is 0 Å². The molecule has 0 bridgehead atoms. The van der Waals surface area contributed by atoms with Gasteiger partial charge in [-0.25, -0.2) is 4.98 Å². The number of anilines is 1. The van der Waals surface area contributed by atoms with Crippen molar-refractivity contribution < 1.29 is 14.1 Å². The zero-order valence-electron chi connectivity index (χ0n) is 16.8. The molecule has 0 saturated heterocycles. The van der Waals surface area contributed by atoms with Crippen molar-refractivity contribution in [1.29, 1.82) is 0 Å². The Morgan fingerprint density at radius 2 is 1.94 bits per heavy atom. The van der Waals surface area contributed by atoms with Gasteiger partial charge in [-0.2, -0.15) is 0 Å². The van der Waals surface area contributed by atoms with Crippen LogP contribution < -0.4 is 10.6 Å². The molecule has 0 aliphatic carbocycles. The van der Waals surface area contributed by atoms with Gasteiger partial charge < -0.3 is 15.1 Å². The molecule has 2 aromatic heterocycles. The van der Waals surface area contributed by atoms with Crippen molar-refractivity contribution in [2.45, 2.75) is 20.0 Å². The second-order valence-corrected chi connectivity index (χ2v) is 7.06. The summed E-state index contributed by atoms with van der Waals surface area (Å²) in [5.41, 5.74) is 3.19. The van der Waals surface area contributed by atoms with Crippen LogP contribution in [0.5, 0.6) is 0 Å². The van der Waals surface area contributed by atoms with Gasteiger partial charge in [0.15, 0.2) is 5.52 Å². The van der Waals surface area contributed by atoms with E-state index in [0.29, 0.717) is 41.0 Å². The highest BCUT2D eigenvalue weighted by Gasteiger charge is 2.15. The number of amides is 1. The van der Waals surface area contributed by atoms with E-state index in [1.54, 1.807) is 43.5 Å². The summed E-state index contributed by atoms with van der Waals surface area (Å²) in [6.45, 7) is 2.56. The Bertz CT molecular complexity index is 1250. The van der Waals surface area contributed by atoms with Gasteiger partial charge in [-0.1, -0.05) is 24.3 Å². The predicted octanol–water partition coefficient (Wildman–Crippen LogP) is 4.59. The number of benzene rings is 2. The average Bonchev–Trinajstić information content (AvgIpc) is 3.29. The van der Waals surface area contributed by atoms with Crippen LogP contribution in [0.4, 0.5) is 11.4 Å². The van der Waals surface area contributed by atoms with Crippen molar-refractivity contribution in [1.82, 2.24) is 10.3 Å². The molecule has 2 heterocycles. The normalized spacial score (nSPS) is 10.7. The van der Waals surface area contributed by atoms with Gasteiger partial charge in [0.25, 0.3) is 11.6 Å². The molecule has 4 aromatic rings. The van der Waals surface area contributed by atoms with Crippen molar-refractivity contribution in [3.05, 3.63) is 99.6 Å². The molecule has 8 nitrogen and oxygen atoms in total. The van der Waals surface area contributed by atoms with E-state index in [-0.39, 0.29) is 11.6 Å². The first-order valence-corrected chi connectivity index (χ1v) is 9.69. The number of nitrogens with one attached hydrogen (secondary N) is 2. The third-order valence-corrected chi connectivity index (χ3v) is 4.82. The number of non-ortho nitro benzene ring substituents is 1. The second kappa shape index (κ2) is 8.66. The van der Waals surface area contributed by atoms with Gasteiger partial charge in [0.2, 0.25) is 0 Å². The first kappa shape index (κ1) is 20.1. The summed E-state index contributed by atoms with van der Waals surface area (Å²) >= 11 is 0. The van der Waals surface area contributed by atoms with Crippen molar-refractivity contribution in [3.8, 4) is 0 Å². The summed E-state index contributed by atoms with van der Waals surface area (Å²) in [7, 11) is 0. The Kier molecular flexibility index (Phi) is 5.61. The van der Waals surface area contributed by atoms with E-state index in [1.807, 2.05) is 24.3 Å². The number of nitrogens with zero attached hydrogens (tertiary/aromatic N) is 2. The molecule has 0 atom stereocenters. The summed E-state index contributed by atoms with van der Waals surface area (Å²) in [5, 5.41) is 18.2. The quantitative estimate of drug-likeness (QED) is 0.337. The molecule has 4 rings (SSSR count). The molecule has 0 aliphatic heterocycles. The van der Waals surface area contributed by atoms with Crippen LogP contribution in [0, 0.1) is 17.0 Å². The lowest BCUT2D eigenvalue weighted by molar-refractivity contribution is -0.383. The van der Waals surface area contributed by atoms with Gasteiger partial charge >= 0.3 is 0 Å². The van der Waals surface area contributed by atoms with Crippen molar-refractivity contribution in [2.24, 2.45) is 0 Å². The number of fused-ring (bicyclic) bond motifs is 1. The summed E-state index contributed by atoms with van der Waals surface area (Å²) in [4.78, 5) is 27.7. The number of hydrogen-bond acceptors (Lipinski definition) is 6. The lowest BCUT2D eigenvalue weighted by Crippen LogP contribution is -2.22. The minimum absolute atomic E-state index is 0.0283. The maximum atomic E-state index is 12.4. The molecule has 0 spiro atoms. The molecule has 0 fully saturated rings. The highest BCUT2D eigenvalue weighted by atomic mass is 16.6. The third kappa shape index (κ3) is 4.53. The number of hydrogen-bond donors (Lipinski definition) is 2. The minimum Gasteiger partial charge on any atom is -0.467 e. The van der Waals surface area contributed by atoms with Crippen LogP contribution in [0.15, 0.2) is 71.3 Å². The average molecular weight is 416 g/mol. The van der Waals surface area contributed by atoms with Crippen LogP contribution in [-0.2, 0) is 13.1 Å². The number of carbonyl (C=O) groups is 1. The molecule has 0 aliphatic rings. The van der Waals surface area contributed by atoms with Gasteiger partial charge in [0, 0.05) is 34.9 Å². The first-order chi connectivity index (χ1) is 15.0. The Morgan fingerprint density at radius 3 is 2.71 bits per heavy atom. The van der Waals surface area contributed by atoms with Crippen molar-refractivity contribution >= 4 is 28.2 Å². The van der Waals surface area contributed by atoms with E-state index in [2.05, 4.69) is 15.6 Å². The van der Waals surface area contributed by atoms with Crippen LogP contribution in [-0.4, -0.2) is 15.8 Å². The molecule has 0 saturated carbocycles. The summed E-state index contributed by atoms with van der Waals surface area (Å²) in [6.07, 6.45) is 1.56. The monoisotopic (exact) mass is 416 g/mol. The summed E-state index contributed by atoms with van der Waals surface area (Å²) < 4.78 is 5.23. The van der Waals surface area contributed by atoms with Gasteiger partial charge in [0.1, 0.15) is 5.76 Å².